The molecule has 2 aromatic rings. The van der Waals surface area contributed by atoms with Crippen LogP contribution in [0.4, 0.5) is 10.1 Å². The molecule has 4 rings (SSSR count). The summed E-state index contributed by atoms with van der Waals surface area (Å²) < 4.78 is 45.6. The van der Waals surface area contributed by atoms with Crippen LogP contribution >= 0.6 is 0 Å². The summed E-state index contributed by atoms with van der Waals surface area (Å²) in [6, 6.07) is 3.47. The Morgan fingerprint density at radius 2 is 2.11 bits per heavy atom. The lowest BCUT2D eigenvalue weighted by Gasteiger charge is -2.30. The van der Waals surface area contributed by atoms with Gasteiger partial charge in [-0.3, -0.25) is 4.79 Å². The third-order valence-corrected chi connectivity index (χ3v) is 8.79. The number of pyridine rings is 1. The Kier molecular flexibility index (Phi) is 7.27. The molecule has 3 heterocycles. The maximum atomic E-state index is 13.8. The molecule has 2 aromatic heterocycles. The van der Waals surface area contributed by atoms with E-state index < -0.39 is 40.1 Å². The Morgan fingerprint density at radius 1 is 1.38 bits per heavy atom. The van der Waals surface area contributed by atoms with Crippen LogP contribution in [0.25, 0.3) is 6.08 Å². The third kappa shape index (κ3) is 5.31. The van der Waals surface area contributed by atoms with Gasteiger partial charge in [0.25, 0.3) is 5.91 Å². The molecular weight excluding hydrogens is 501 g/mol. The summed E-state index contributed by atoms with van der Waals surface area (Å²) in [6.07, 6.45) is 5.11. The van der Waals surface area contributed by atoms with E-state index in [9.17, 15) is 27.8 Å². The Bertz CT molecular complexity index is 1410. The van der Waals surface area contributed by atoms with E-state index in [1.807, 2.05) is 6.92 Å². The smallest absolute Gasteiger partial charge is 0.272 e. The predicted molar refractivity (Wildman–Crippen MR) is 133 cm³/mol. The van der Waals surface area contributed by atoms with Crippen molar-refractivity contribution in [2.75, 3.05) is 11.9 Å². The molecule has 1 saturated carbocycles. The van der Waals surface area contributed by atoms with Crippen molar-refractivity contribution in [3.05, 3.63) is 46.8 Å². The average Bonchev–Trinajstić information content (AvgIpc) is 3.48. The molecule has 1 aliphatic heterocycles. The molecule has 10 nitrogen and oxygen atoms in total. The predicted octanol–water partition coefficient (Wildman–Crippen LogP) is 2.31. The Labute approximate surface area is 214 Å². The first-order valence-corrected chi connectivity index (χ1v) is 13.5. The molecule has 1 fully saturated rings. The lowest BCUT2D eigenvalue weighted by Crippen LogP contribution is -2.44. The van der Waals surface area contributed by atoms with Crippen molar-refractivity contribution in [2.24, 2.45) is 11.8 Å². The second-order valence-electron chi connectivity index (χ2n) is 10.2. The normalized spacial score (nSPS) is 22.5. The van der Waals surface area contributed by atoms with E-state index in [-0.39, 0.29) is 52.3 Å². The maximum absolute atomic E-state index is 13.8. The SMILES string of the molecule is Cc1c(S(=O)(=O)NC2C(C)CCC2CC(C)(O)CO)c2n(c1C(=O)Nc1cc(F)nc(C#N)c1)CC=C2. The highest BCUT2D eigenvalue weighted by Crippen LogP contribution is 2.38. The quantitative estimate of drug-likeness (QED) is 0.381. The van der Waals surface area contributed by atoms with Crippen LogP contribution in [0, 0.1) is 36.0 Å². The fourth-order valence-electron chi connectivity index (χ4n) is 5.43. The van der Waals surface area contributed by atoms with Crippen LogP contribution in [0.3, 0.4) is 0 Å². The Balaban J connectivity index is 1.66. The molecule has 1 amide bonds. The number of allylic oxidation sites excluding steroid dienone is 1. The van der Waals surface area contributed by atoms with E-state index in [4.69, 9.17) is 5.26 Å². The van der Waals surface area contributed by atoms with E-state index in [0.29, 0.717) is 12.1 Å². The molecule has 2 aliphatic rings. The van der Waals surface area contributed by atoms with Crippen LogP contribution in [-0.2, 0) is 16.6 Å². The minimum absolute atomic E-state index is 0.0134. The van der Waals surface area contributed by atoms with Crippen molar-refractivity contribution in [3.8, 4) is 6.07 Å². The van der Waals surface area contributed by atoms with Gasteiger partial charge in [-0.05, 0) is 57.1 Å². The summed E-state index contributed by atoms with van der Waals surface area (Å²) in [7, 11) is -4.09. The van der Waals surface area contributed by atoms with E-state index in [2.05, 4.69) is 15.0 Å². The molecule has 198 valence electrons. The molecule has 4 atom stereocenters. The lowest BCUT2D eigenvalue weighted by molar-refractivity contribution is -0.0194. The molecular formula is C25H30FN5O5S. The van der Waals surface area contributed by atoms with E-state index in [1.54, 1.807) is 29.7 Å². The highest BCUT2D eigenvalue weighted by Gasteiger charge is 2.41. The number of nitriles is 1. The summed E-state index contributed by atoms with van der Waals surface area (Å²) in [5, 5.41) is 31.4. The average molecular weight is 532 g/mol. The summed E-state index contributed by atoms with van der Waals surface area (Å²) in [6.45, 7) is 4.87. The van der Waals surface area contributed by atoms with Gasteiger partial charge in [0.1, 0.15) is 22.4 Å². The molecule has 12 heteroatoms. The zero-order valence-corrected chi connectivity index (χ0v) is 21.6. The van der Waals surface area contributed by atoms with Crippen LogP contribution in [0.5, 0.6) is 0 Å². The maximum Gasteiger partial charge on any atom is 0.272 e. The zero-order valence-electron chi connectivity index (χ0n) is 20.8. The number of carbonyl (C=O) groups is 1. The zero-order chi connectivity index (χ0) is 27.1. The van der Waals surface area contributed by atoms with Crippen molar-refractivity contribution in [3.63, 3.8) is 0 Å². The largest absolute Gasteiger partial charge is 0.393 e. The number of aromatic nitrogens is 2. The van der Waals surface area contributed by atoms with E-state index in [1.165, 1.54) is 13.0 Å². The topological polar surface area (TPSA) is 157 Å². The van der Waals surface area contributed by atoms with Crippen LogP contribution in [-0.4, -0.2) is 52.3 Å². The molecule has 0 radical (unpaired) electrons. The number of hydrogen-bond donors (Lipinski definition) is 4. The standard InChI is InChI=1S/C25H30FN5O5S/c1-14-6-7-16(11-25(3,34)13-32)21(14)30-37(35,36)23-15(2)22(31-8-4-5-19(23)31)24(33)29-17-9-18(12-27)28-20(26)10-17/h4-5,9-10,14,16,21,30,32,34H,6-8,11,13H2,1-3H3,(H,28,29,33). The molecule has 37 heavy (non-hydrogen) atoms. The summed E-state index contributed by atoms with van der Waals surface area (Å²) in [5.74, 6) is -1.73. The fourth-order valence-corrected chi connectivity index (χ4v) is 7.28. The van der Waals surface area contributed by atoms with Crippen LogP contribution in [0.1, 0.15) is 60.5 Å². The number of carbonyl (C=O) groups excluding carboxylic acids is 1. The second-order valence-corrected chi connectivity index (χ2v) is 11.8. The molecule has 4 N–H and O–H groups in total. The van der Waals surface area contributed by atoms with Crippen molar-refractivity contribution < 1.29 is 27.8 Å². The highest BCUT2D eigenvalue weighted by molar-refractivity contribution is 7.89. The first kappa shape index (κ1) is 26.9. The number of nitrogens with one attached hydrogen (secondary N) is 2. The van der Waals surface area contributed by atoms with Crippen molar-refractivity contribution in [1.29, 1.82) is 5.26 Å². The summed E-state index contributed by atoms with van der Waals surface area (Å²) >= 11 is 0. The van der Waals surface area contributed by atoms with Crippen LogP contribution in [0.2, 0.25) is 0 Å². The first-order valence-electron chi connectivity index (χ1n) is 12.0. The fraction of sp³-hybridized carbons (Fsp3) is 0.480. The molecule has 0 bridgehead atoms. The van der Waals surface area contributed by atoms with Crippen molar-refractivity contribution >= 4 is 27.7 Å². The van der Waals surface area contributed by atoms with Gasteiger partial charge >= 0.3 is 0 Å². The van der Waals surface area contributed by atoms with Gasteiger partial charge in [0.15, 0.2) is 0 Å². The number of aliphatic hydroxyl groups excluding tert-OH is 1. The van der Waals surface area contributed by atoms with Crippen molar-refractivity contribution in [2.45, 2.75) is 63.1 Å². The number of anilines is 1. The van der Waals surface area contributed by atoms with Gasteiger partial charge in [0.05, 0.1) is 17.9 Å². The first-order chi connectivity index (χ1) is 17.4. The van der Waals surface area contributed by atoms with Gasteiger partial charge in [0, 0.05) is 29.9 Å². The number of amides is 1. The number of halogens is 1. The number of rotatable bonds is 8. The molecule has 1 aliphatic carbocycles. The van der Waals surface area contributed by atoms with Gasteiger partial charge in [0.2, 0.25) is 16.0 Å². The number of aliphatic hydroxyl groups is 2. The number of nitrogens with zero attached hydrogens (tertiary/aromatic N) is 3. The third-order valence-electron chi connectivity index (χ3n) is 7.15. The highest BCUT2D eigenvalue weighted by atomic mass is 32.2. The second kappa shape index (κ2) is 9.98. The van der Waals surface area contributed by atoms with Gasteiger partial charge in [-0.2, -0.15) is 9.65 Å². The minimum Gasteiger partial charge on any atom is -0.393 e. The summed E-state index contributed by atoms with van der Waals surface area (Å²) in [4.78, 5) is 16.6. The van der Waals surface area contributed by atoms with Crippen LogP contribution < -0.4 is 10.0 Å². The van der Waals surface area contributed by atoms with E-state index >= 15 is 0 Å². The van der Waals surface area contributed by atoms with Crippen molar-refractivity contribution in [1.82, 2.24) is 14.3 Å². The minimum atomic E-state index is -4.09. The Morgan fingerprint density at radius 3 is 2.78 bits per heavy atom. The Hall–Kier alpha value is -3.11. The number of fused-ring (bicyclic) bond motifs is 1. The molecule has 0 saturated heterocycles. The van der Waals surface area contributed by atoms with Gasteiger partial charge in [-0.25, -0.2) is 18.1 Å². The number of hydrogen-bond acceptors (Lipinski definition) is 7. The monoisotopic (exact) mass is 531 g/mol. The lowest BCUT2D eigenvalue weighted by atomic mass is 9.88. The molecule has 4 unspecified atom stereocenters. The number of sulfonamides is 1. The van der Waals surface area contributed by atoms with Gasteiger partial charge in [-0.1, -0.05) is 13.0 Å². The van der Waals surface area contributed by atoms with E-state index in [0.717, 1.165) is 12.5 Å². The summed E-state index contributed by atoms with van der Waals surface area (Å²) in [5.41, 5.74) is -0.798. The van der Waals surface area contributed by atoms with Gasteiger partial charge < -0.3 is 20.1 Å². The van der Waals surface area contributed by atoms with Crippen LogP contribution in [0.15, 0.2) is 23.1 Å². The van der Waals surface area contributed by atoms with Gasteiger partial charge in [-0.15, -0.1) is 0 Å². The molecule has 0 aromatic carbocycles. The molecule has 0 spiro atoms.